The zero-order valence-corrected chi connectivity index (χ0v) is 32.2. The molecule has 0 saturated heterocycles. The standard InChI is InChI=1S/C16H17F6NO2S2.C16H20F3NO2S2/c1-5-25-13(26)27-23(14(2,3)4)12(24)11-9(15(17,18)19)7-6-8-10(11)16(20,21)22;1-6-22-14(23)24-20(15(3,4)5)13(21)11-7-10(2)8-12(9-11)16(17,18)19/h6-8H,5H2,1-4H3;7-9H,6H2,1-5H3. The van der Waals surface area contributed by atoms with Gasteiger partial charge < -0.3 is 9.47 Å². The number of ether oxygens (including phenoxy) is 2. The van der Waals surface area contributed by atoms with E-state index >= 15 is 0 Å². The topological polar surface area (TPSA) is 59.1 Å². The minimum Gasteiger partial charge on any atom is -0.478 e. The highest BCUT2D eigenvalue weighted by molar-refractivity contribution is 8.21. The lowest BCUT2D eigenvalue weighted by Gasteiger charge is -2.35. The second kappa shape index (κ2) is 17.8. The molecule has 0 heterocycles. The summed E-state index contributed by atoms with van der Waals surface area (Å²) in [5.41, 5.74) is -7.14. The van der Waals surface area contributed by atoms with Crippen molar-refractivity contribution in [2.24, 2.45) is 0 Å². The largest absolute Gasteiger partial charge is 0.478 e. The molecule has 2 aromatic rings. The van der Waals surface area contributed by atoms with Crippen LogP contribution in [-0.4, -0.2) is 53.5 Å². The molecular weight excluding hydrogens is 776 g/mol. The molecule has 0 aliphatic carbocycles. The molecule has 2 amide bonds. The Morgan fingerprint density at radius 2 is 1.06 bits per heavy atom. The van der Waals surface area contributed by atoms with Gasteiger partial charge >= 0.3 is 18.5 Å². The number of nitrogens with zero attached hydrogens (tertiary/aromatic N) is 2. The highest BCUT2D eigenvalue weighted by Gasteiger charge is 2.45. The minimum absolute atomic E-state index is 0.0379. The fourth-order valence-electron chi connectivity index (χ4n) is 3.95. The summed E-state index contributed by atoms with van der Waals surface area (Å²) in [4.78, 5) is 25.6. The van der Waals surface area contributed by atoms with Crippen LogP contribution in [0.4, 0.5) is 39.5 Å². The number of halogens is 9. The van der Waals surface area contributed by atoms with E-state index in [0.29, 0.717) is 42.3 Å². The normalized spacial score (nSPS) is 12.4. The number of carbonyl (C=O) groups excluding carboxylic acids is 2. The summed E-state index contributed by atoms with van der Waals surface area (Å²) in [7, 11) is 0. The number of hydrogen-bond acceptors (Lipinski definition) is 8. The number of thiocarbonyl (C=S) groups is 2. The van der Waals surface area contributed by atoms with Crippen LogP contribution in [0.2, 0.25) is 0 Å². The Bertz CT molecular complexity index is 1530. The summed E-state index contributed by atoms with van der Waals surface area (Å²) >= 11 is 11.3. The van der Waals surface area contributed by atoms with Crippen LogP contribution < -0.4 is 0 Å². The van der Waals surface area contributed by atoms with Crippen LogP contribution in [0.1, 0.15) is 98.4 Å². The summed E-state index contributed by atoms with van der Waals surface area (Å²) in [6.07, 6.45) is -14.8. The Kier molecular flexibility index (Phi) is 16.2. The van der Waals surface area contributed by atoms with Crippen LogP contribution >= 0.6 is 48.3 Å². The molecule has 2 aromatic carbocycles. The third-order valence-electron chi connectivity index (χ3n) is 5.98. The number of alkyl halides is 9. The van der Waals surface area contributed by atoms with Crippen molar-refractivity contribution in [3.63, 3.8) is 0 Å². The minimum atomic E-state index is -5.15. The van der Waals surface area contributed by atoms with E-state index in [4.69, 9.17) is 33.9 Å². The molecule has 6 nitrogen and oxygen atoms in total. The Labute approximate surface area is 310 Å². The van der Waals surface area contributed by atoms with Gasteiger partial charge in [0.15, 0.2) is 0 Å². The Balaban J connectivity index is 0.000000514. The number of amides is 2. The fraction of sp³-hybridized carbons (Fsp3) is 0.500. The predicted molar refractivity (Wildman–Crippen MR) is 188 cm³/mol. The van der Waals surface area contributed by atoms with Crippen LogP contribution in [0.3, 0.4) is 0 Å². The molecule has 0 aromatic heterocycles. The predicted octanol–water partition coefficient (Wildman–Crippen LogP) is 11.2. The first-order valence-electron chi connectivity index (χ1n) is 14.8. The number of carbonyl (C=O) groups is 2. The number of hydrogen-bond donors (Lipinski definition) is 0. The lowest BCUT2D eigenvalue weighted by molar-refractivity contribution is -0.144. The van der Waals surface area contributed by atoms with Crippen molar-refractivity contribution in [3.05, 3.63) is 69.8 Å². The van der Waals surface area contributed by atoms with Gasteiger partial charge in [-0.2, -0.15) is 39.5 Å². The van der Waals surface area contributed by atoms with E-state index in [-0.39, 0.29) is 20.9 Å². The average molecular weight is 813 g/mol. The van der Waals surface area contributed by atoms with Crippen molar-refractivity contribution in [1.82, 2.24) is 8.61 Å². The highest BCUT2D eigenvalue weighted by atomic mass is 32.2. The number of rotatable bonds is 4. The SMILES string of the molecule is CCOC(=S)SN(C(=O)c1c(C(F)(F)F)cccc1C(F)(F)F)C(C)(C)C.CCOC(=S)SN(C(=O)c1cc(C)cc(C(F)(F)F)c1)C(C)(C)C. The Morgan fingerprint density at radius 3 is 1.39 bits per heavy atom. The molecule has 0 N–H and O–H groups in total. The van der Waals surface area contributed by atoms with E-state index in [9.17, 15) is 49.1 Å². The monoisotopic (exact) mass is 812 g/mol. The van der Waals surface area contributed by atoms with Crippen molar-refractivity contribution in [2.75, 3.05) is 13.2 Å². The highest BCUT2D eigenvalue weighted by Crippen LogP contribution is 2.42. The summed E-state index contributed by atoms with van der Waals surface area (Å²) in [5, 5.41) is 0. The van der Waals surface area contributed by atoms with E-state index in [0.717, 1.165) is 28.4 Å². The van der Waals surface area contributed by atoms with Crippen LogP contribution in [0.15, 0.2) is 36.4 Å². The smallest absolute Gasteiger partial charge is 0.417 e. The van der Waals surface area contributed by atoms with Crippen molar-refractivity contribution in [1.29, 1.82) is 0 Å². The van der Waals surface area contributed by atoms with Gasteiger partial charge in [0.05, 0.1) is 35.5 Å². The summed E-state index contributed by atoms with van der Waals surface area (Å²) in [6, 6.07) is 4.79. The Hall–Kier alpha value is -2.77. The first-order valence-corrected chi connectivity index (χ1v) is 17.2. The van der Waals surface area contributed by atoms with Crippen LogP contribution in [0.5, 0.6) is 0 Å². The van der Waals surface area contributed by atoms with E-state index in [2.05, 4.69) is 0 Å². The first kappa shape index (κ1) is 46.3. The molecule has 286 valence electrons. The van der Waals surface area contributed by atoms with Crippen molar-refractivity contribution in [3.8, 4) is 0 Å². The van der Waals surface area contributed by atoms with Gasteiger partial charge in [-0.15, -0.1) is 0 Å². The van der Waals surface area contributed by atoms with Gasteiger partial charge in [0, 0.05) is 40.5 Å². The molecule has 0 atom stereocenters. The quantitative estimate of drug-likeness (QED) is 0.172. The van der Waals surface area contributed by atoms with Gasteiger partial charge in [-0.1, -0.05) is 6.07 Å². The number of benzene rings is 2. The molecule has 0 bridgehead atoms. The fourth-order valence-corrected chi connectivity index (χ4v) is 6.18. The molecule has 51 heavy (non-hydrogen) atoms. The third-order valence-corrected chi connectivity index (χ3v) is 8.99. The molecule has 0 spiro atoms. The van der Waals surface area contributed by atoms with Crippen LogP contribution in [0.25, 0.3) is 0 Å². The maximum Gasteiger partial charge on any atom is 0.417 e. The van der Waals surface area contributed by atoms with Crippen LogP contribution in [-0.2, 0) is 28.0 Å². The van der Waals surface area contributed by atoms with Gasteiger partial charge in [0.25, 0.3) is 11.8 Å². The van der Waals surface area contributed by atoms with Gasteiger partial charge in [-0.05, 0) is 123 Å². The van der Waals surface area contributed by atoms with E-state index in [1.54, 1.807) is 34.6 Å². The van der Waals surface area contributed by atoms with E-state index < -0.39 is 63.7 Å². The van der Waals surface area contributed by atoms with Gasteiger partial charge in [0.1, 0.15) is 0 Å². The van der Waals surface area contributed by atoms with E-state index in [1.165, 1.54) is 38.1 Å². The second-order valence-corrected chi connectivity index (χ2v) is 15.5. The van der Waals surface area contributed by atoms with Crippen molar-refractivity contribution >= 4 is 68.9 Å². The molecule has 0 radical (unpaired) electrons. The maximum atomic E-state index is 13.3. The maximum absolute atomic E-state index is 13.3. The van der Waals surface area contributed by atoms with Gasteiger partial charge in [-0.25, -0.2) is 0 Å². The summed E-state index contributed by atoms with van der Waals surface area (Å²) in [6.45, 7) is 15.0. The zero-order chi connectivity index (χ0) is 39.9. The first-order chi connectivity index (χ1) is 23.0. The zero-order valence-electron chi connectivity index (χ0n) is 28.9. The van der Waals surface area contributed by atoms with E-state index in [1.807, 2.05) is 0 Å². The average Bonchev–Trinajstić information content (AvgIpc) is 2.95. The van der Waals surface area contributed by atoms with Gasteiger partial charge in [-0.3, -0.25) is 18.2 Å². The molecule has 2 rings (SSSR count). The molecule has 0 aliphatic rings. The van der Waals surface area contributed by atoms with Crippen molar-refractivity contribution in [2.45, 2.75) is 91.9 Å². The van der Waals surface area contributed by atoms with Gasteiger partial charge in [0.2, 0.25) is 8.77 Å². The molecule has 0 saturated carbocycles. The summed E-state index contributed by atoms with van der Waals surface area (Å²) in [5.74, 6) is -2.02. The molecule has 0 aliphatic heterocycles. The molecule has 0 unspecified atom stereocenters. The van der Waals surface area contributed by atoms with Crippen molar-refractivity contribution < 1.29 is 58.6 Å². The molecule has 19 heteroatoms. The summed E-state index contributed by atoms with van der Waals surface area (Å²) < 4.78 is 131. The second-order valence-electron chi connectivity index (χ2n) is 12.4. The molecular formula is C32H37F9N2O4S4. The third kappa shape index (κ3) is 13.9. The lowest BCUT2D eigenvalue weighted by Crippen LogP contribution is -2.43. The lowest BCUT2D eigenvalue weighted by atomic mass is 9.97. The van der Waals surface area contributed by atoms with Crippen LogP contribution in [0, 0.1) is 6.92 Å². The molecule has 0 fully saturated rings. The number of aryl methyl sites for hydroxylation is 1. The Morgan fingerprint density at radius 1 is 0.667 bits per heavy atom.